The Labute approximate surface area is 165 Å². The third-order valence-corrected chi connectivity index (χ3v) is 5.64. The number of nitrogens with zero attached hydrogens (tertiary/aromatic N) is 4. The average molecular weight is 403 g/mol. The molecule has 2 aromatic rings. The Balaban J connectivity index is 1.87. The van der Waals surface area contributed by atoms with Crippen LogP contribution in [0.15, 0.2) is 22.2 Å². The van der Waals surface area contributed by atoms with E-state index in [1.54, 1.807) is 9.47 Å². The van der Waals surface area contributed by atoms with Crippen molar-refractivity contribution >= 4 is 28.5 Å². The van der Waals surface area contributed by atoms with Gasteiger partial charge in [0.15, 0.2) is 11.6 Å². The minimum atomic E-state index is -1.34. The fourth-order valence-electron chi connectivity index (χ4n) is 3.76. The van der Waals surface area contributed by atoms with Crippen LogP contribution in [0.25, 0.3) is 11.0 Å². The highest BCUT2D eigenvalue weighted by Crippen LogP contribution is 2.38. The number of pyridine rings is 2. The predicted octanol–water partition coefficient (Wildman–Crippen LogP) is 1.36. The minimum Gasteiger partial charge on any atom is -0.477 e. The molecule has 3 heterocycles. The Bertz CT molecular complexity index is 1090. The molecule has 3 N–H and O–H groups in total. The SMILES string of the molecule is CO/N=C1/CN(c2nc3c(cc2F)c(=O)c(C(=O)O)cn3C2CC2)CC1(C)CN. The summed E-state index contributed by atoms with van der Waals surface area (Å²) in [6.07, 6.45) is 3.02. The topological polar surface area (TPSA) is 123 Å². The van der Waals surface area contributed by atoms with Gasteiger partial charge in [-0.2, -0.15) is 0 Å². The highest BCUT2D eigenvalue weighted by atomic mass is 19.1. The van der Waals surface area contributed by atoms with E-state index in [0.29, 0.717) is 18.8 Å². The first-order chi connectivity index (χ1) is 13.8. The fourth-order valence-corrected chi connectivity index (χ4v) is 3.76. The fraction of sp³-hybridized carbons (Fsp3) is 0.474. The lowest BCUT2D eigenvalue weighted by Gasteiger charge is -2.23. The third kappa shape index (κ3) is 3.13. The van der Waals surface area contributed by atoms with E-state index in [-0.39, 0.29) is 35.0 Å². The lowest BCUT2D eigenvalue weighted by Crippen LogP contribution is -2.36. The van der Waals surface area contributed by atoms with Crippen LogP contribution in [-0.4, -0.2) is 53.1 Å². The van der Waals surface area contributed by atoms with E-state index in [2.05, 4.69) is 10.1 Å². The number of fused-ring (bicyclic) bond motifs is 1. The Hall–Kier alpha value is -3.01. The molecule has 1 saturated carbocycles. The molecule has 2 aliphatic rings. The molecular formula is C19H22FN5O4. The van der Waals surface area contributed by atoms with E-state index in [1.807, 2.05) is 6.92 Å². The van der Waals surface area contributed by atoms with Gasteiger partial charge in [0, 0.05) is 30.7 Å². The van der Waals surface area contributed by atoms with Crippen molar-refractivity contribution in [2.45, 2.75) is 25.8 Å². The van der Waals surface area contributed by atoms with Gasteiger partial charge in [-0.05, 0) is 18.9 Å². The van der Waals surface area contributed by atoms with Gasteiger partial charge in [-0.15, -0.1) is 0 Å². The summed E-state index contributed by atoms with van der Waals surface area (Å²) < 4.78 is 16.7. The molecule has 29 heavy (non-hydrogen) atoms. The van der Waals surface area contributed by atoms with E-state index in [1.165, 1.54) is 13.3 Å². The molecule has 0 radical (unpaired) electrons. The molecule has 1 aliphatic carbocycles. The Kier molecular flexibility index (Phi) is 4.53. The number of aromatic nitrogens is 2. The molecule has 0 bridgehead atoms. The zero-order valence-electron chi connectivity index (χ0n) is 16.2. The van der Waals surface area contributed by atoms with Crippen LogP contribution < -0.4 is 16.1 Å². The number of nitrogens with two attached hydrogens (primary N) is 1. The second-order valence-corrected chi connectivity index (χ2v) is 7.82. The number of rotatable bonds is 5. The van der Waals surface area contributed by atoms with Crippen LogP contribution in [-0.2, 0) is 4.84 Å². The zero-order valence-corrected chi connectivity index (χ0v) is 16.2. The van der Waals surface area contributed by atoms with Crippen molar-refractivity contribution in [3.05, 3.63) is 33.9 Å². The van der Waals surface area contributed by atoms with E-state index in [4.69, 9.17) is 10.6 Å². The van der Waals surface area contributed by atoms with E-state index in [0.717, 1.165) is 18.9 Å². The maximum atomic E-state index is 15.0. The molecule has 0 amide bonds. The lowest BCUT2D eigenvalue weighted by atomic mass is 9.88. The van der Waals surface area contributed by atoms with E-state index in [9.17, 15) is 19.1 Å². The number of hydrogen-bond donors (Lipinski definition) is 2. The van der Waals surface area contributed by atoms with Crippen LogP contribution in [0.5, 0.6) is 0 Å². The quantitative estimate of drug-likeness (QED) is 0.723. The summed E-state index contributed by atoms with van der Waals surface area (Å²) in [5, 5.41) is 13.3. The predicted molar refractivity (Wildman–Crippen MR) is 105 cm³/mol. The summed E-state index contributed by atoms with van der Waals surface area (Å²) in [6, 6.07) is 1.14. The molecular weight excluding hydrogens is 381 g/mol. The molecule has 9 nitrogen and oxygen atoms in total. The third-order valence-electron chi connectivity index (χ3n) is 5.64. The number of halogens is 1. The van der Waals surface area contributed by atoms with Crippen LogP contribution in [0.4, 0.5) is 10.2 Å². The van der Waals surface area contributed by atoms with Crippen LogP contribution in [0.3, 0.4) is 0 Å². The highest BCUT2D eigenvalue weighted by Gasteiger charge is 2.41. The van der Waals surface area contributed by atoms with Crippen LogP contribution in [0, 0.1) is 11.2 Å². The number of carbonyl (C=O) groups is 1. The van der Waals surface area contributed by atoms with Crippen molar-refractivity contribution in [3.8, 4) is 0 Å². The molecule has 0 aromatic carbocycles. The van der Waals surface area contributed by atoms with E-state index < -0.39 is 22.6 Å². The Morgan fingerprint density at radius 2 is 2.24 bits per heavy atom. The van der Waals surface area contributed by atoms with Crippen molar-refractivity contribution in [3.63, 3.8) is 0 Å². The summed E-state index contributed by atoms with van der Waals surface area (Å²) in [5.41, 5.74) is 5.26. The molecule has 0 spiro atoms. The molecule has 1 atom stereocenters. The smallest absolute Gasteiger partial charge is 0.341 e. The number of hydrogen-bond acceptors (Lipinski definition) is 7. The summed E-state index contributed by atoms with van der Waals surface area (Å²) in [5.74, 6) is -1.96. The van der Waals surface area contributed by atoms with Crippen LogP contribution in [0.1, 0.15) is 36.2 Å². The summed E-state index contributed by atoms with van der Waals surface area (Å²) in [4.78, 5) is 35.1. The number of carboxylic acids is 1. The molecule has 1 unspecified atom stereocenters. The monoisotopic (exact) mass is 403 g/mol. The van der Waals surface area contributed by atoms with Crippen LogP contribution in [0.2, 0.25) is 0 Å². The average Bonchev–Trinajstić information content (AvgIpc) is 3.47. The number of carboxylic acid groups (broad SMARTS) is 1. The van der Waals surface area contributed by atoms with Crippen molar-refractivity contribution in [2.24, 2.45) is 16.3 Å². The van der Waals surface area contributed by atoms with Gasteiger partial charge in [-0.25, -0.2) is 14.2 Å². The first kappa shape index (κ1) is 19.3. The largest absolute Gasteiger partial charge is 0.477 e. The molecule has 10 heteroatoms. The van der Waals surface area contributed by atoms with Crippen LogP contribution >= 0.6 is 0 Å². The maximum absolute atomic E-state index is 15.0. The van der Waals surface area contributed by atoms with Gasteiger partial charge in [-0.1, -0.05) is 12.1 Å². The second kappa shape index (κ2) is 6.80. The van der Waals surface area contributed by atoms with E-state index >= 15 is 0 Å². The lowest BCUT2D eigenvalue weighted by molar-refractivity contribution is 0.0695. The minimum absolute atomic E-state index is 0.0374. The van der Waals surface area contributed by atoms with Gasteiger partial charge in [0.05, 0.1) is 17.6 Å². The van der Waals surface area contributed by atoms with Gasteiger partial charge in [-0.3, -0.25) is 4.79 Å². The van der Waals surface area contributed by atoms with Crippen molar-refractivity contribution in [2.75, 3.05) is 31.6 Å². The molecule has 2 fully saturated rings. The first-order valence-corrected chi connectivity index (χ1v) is 9.33. The van der Waals surface area contributed by atoms with Gasteiger partial charge in [0.1, 0.15) is 18.3 Å². The van der Waals surface area contributed by atoms with Crippen molar-refractivity contribution < 1.29 is 19.1 Å². The summed E-state index contributed by atoms with van der Waals surface area (Å²) in [6.45, 7) is 2.90. The Morgan fingerprint density at radius 3 is 2.83 bits per heavy atom. The first-order valence-electron chi connectivity index (χ1n) is 9.33. The summed E-state index contributed by atoms with van der Waals surface area (Å²) >= 11 is 0. The number of anilines is 1. The highest BCUT2D eigenvalue weighted by molar-refractivity contribution is 5.97. The molecule has 1 saturated heterocycles. The Morgan fingerprint density at radius 1 is 1.52 bits per heavy atom. The normalized spacial score (nSPS) is 23.2. The van der Waals surface area contributed by atoms with Gasteiger partial charge in [0.2, 0.25) is 5.43 Å². The zero-order chi connectivity index (χ0) is 20.9. The molecule has 2 aromatic heterocycles. The standard InChI is InChI=1S/C19H22FN5O4/c1-19(8-21)9-24(7-14(19)23-29-2)17-13(20)5-11-15(26)12(18(27)28)6-25(10-3-4-10)16(11)22-17/h5-6,10H,3-4,7-9,21H2,1-2H3,(H,27,28)/b23-14-. The molecule has 1 aliphatic heterocycles. The van der Waals surface area contributed by atoms with Gasteiger partial charge >= 0.3 is 5.97 Å². The number of aromatic carboxylic acids is 1. The van der Waals surface area contributed by atoms with Crippen molar-refractivity contribution in [1.29, 1.82) is 0 Å². The van der Waals surface area contributed by atoms with Crippen molar-refractivity contribution in [1.82, 2.24) is 9.55 Å². The second-order valence-electron chi connectivity index (χ2n) is 7.82. The molecule has 4 rings (SSSR count). The van der Waals surface area contributed by atoms with Gasteiger partial charge < -0.3 is 25.1 Å². The summed E-state index contributed by atoms with van der Waals surface area (Å²) in [7, 11) is 1.44. The number of oxime groups is 1. The van der Waals surface area contributed by atoms with Gasteiger partial charge in [0.25, 0.3) is 0 Å². The maximum Gasteiger partial charge on any atom is 0.341 e. The molecule has 154 valence electrons.